The van der Waals surface area contributed by atoms with Crippen molar-refractivity contribution in [3.05, 3.63) is 65.6 Å². The Bertz CT molecular complexity index is 1010. The Kier molecular flexibility index (Phi) is 3.90. The lowest BCUT2D eigenvalue weighted by atomic mass is 9.78. The number of hydrogen-bond donors (Lipinski definition) is 2. The SMILES string of the molecule is C/C(=C\c1ccco1)C1c2c(n[nH]c2-c2ccccc2)OC(=N)C1C#N. The zero-order valence-corrected chi connectivity index (χ0v) is 14.1. The average molecular weight is 344 g/mol. The molecule has 6 nitrogen and oxygen atoms in total. The number of H-pyrrole nitrogens is 1. The molecule has 0 spiro atoms. The molecule has 128 valence electrons. The molecule has 0 aliphatic carbocycles. The minimum Gasteiger partial charge on any atom is -0.465 e. The standard InChI is InChI=1S/C20H16N4O2/c1-12(10-14-8-5-9-25-14)16-15(11-21)19(22)26-20-17(16)18(23-24-20)13-6-3-2-4-7-13/h2-10,15-16,22H,1H3,(H,23,24)/b12-10+,22-19?. The average Bonchev–Trinajstić information content (AvgIpc) is 3.30. The van der Waals surface area contributed by atoms with Crippen LogP contribution in [0.4, 0.5) is 0 Å². The number of furan rings is 1. The van der Waals surface area contributed by atoms with Crippen molar-refractivity contribution < 1.29 is 9.15 Å². The minimum absolute atomic E-state index is 0.0942. The number of benzene rings is 1. The third-order valence-electron chi connectivity index (χ3n) is 4.51. The second kappa shape index (κ2) is 6.37. The first-order chi connectivity index (χ1) is 12.7. The van der Waals surface area contributed by atoms with Crippen molar-refractivity contribution in [3.63, 3.8) is 0 Å². The summed E-state index contributed by atoms with van der Waals surface area (Å²) in [5, 5.41) is 25.0. The summed E-state index contributed by atoms with van der Waals surface area (Å²) in [7, 11) is 0. The maximum absolute atomic E-state index is 9.68. The van der Waals surface area contributed by atoms with Gasteiger partial charge in [0.2, 0.25) is 11.8 Å². The molecule has 0 radical (unpaired) electrons. The summed E-state index contributed by atoms with van der Waals surface area (Å²) >= 11 is 0. The molecule has 0 saturated heterocycles. The van der Waals surface area contributed by atoms with E-state index >= 15 is 0 Å². The Labute approximate surface area is 150 Å². The van der Waals surface area contributed by atoms with Crippen LogP contribution in [0.25, 0.3) is 17.3 Å². The van der Waals surface area contributed by atoms with E-state index < -0.39 is 5.92 Å². The van der Waals surface area contributed by atoms with E-state index in [1.165, 1.54) is 0 Å². The first kappa shape index (κ1) is 15.9. The van der Waals surface area contributed by atoms with E-state index in [2.05, 4.69) is 16.3 Å². The third-order valence-corrected chi connectivity index (χ3v) is 4.51. The van der Waals surface area contributed by atoms with Gasteiger partial charge in [0.25, 0.3) is 0 Å². The van der Waals surface area contributed by atoms with Gasteiger partial charge in [-0.1, -0.05) is 35.9 Å². The van der Waals surface area contributed by atoms with Gasteiger partial charge in [-0.3, -0.25) is 10.5 Å². The van der Waals surface area contributed by atoms with Crippen LogP contribution in [0.3, 0.4) is 0 Å². The van der Waals surface area contributed by atoms with Crippen LogP contribution < -0.4 is 4.74 Å². The highest BCUT2D eigenvalue weighted by Crippen LogP contribution is 2.46. The number of fused-ring (bicyclic) bond motifs is 1. The maximum Gasteiger partial charge on any atom is 0.244 e. The highest BCUT2D eigenvalue weighted by Gasteiger charge is 2.40. The fraction of sp³-hybridized carbons (Fsp3) is 0.150. The predicted octanol–water partition coefficient (Wildman–Crippen LogP) is 4.37. The smallest absolute Gasteiger partial charge is 0.244 e. The van der Waals surface area contributed by atoms with Crippen LogP contribution in [0.1, 0.15) is 24.2 Å². The number of nitrogens with zero attached hydrogens (tertiary/aromatic N) is 2. The van der Waals surface area contributed by atoms with E-state index in [0.29, 0.717) is 11.6 Å². The first-order valence-corrected chi connectivity index (χ1v) is 8.20. The van der Waals surface area contributed by atoms with Crippen LogP contribution in [0.5, 0.6) is 5.88 Å². The van der Waals surface area contributed by atoms with Crippen LogP contribution in [-0.4, -0.2) is 16.1 Å². The second-order valence-corrected chi connectivity index (χ2v) is 6.14. The molecular weight excluding hydrogens is 328 g/mol. The highest BCUT2D eigenvalue weighted by atomic mass is 16.5. The molecule has 6 heteroatoms. The molecule has 1 aliphatic rings. The van der Waals surface area contributed by atoms with E-state index in [1.807, 2.05) is 55.5 Å². The Morgan fingerprint density at radius 3 is 2.77 bits per heavy atom. The van der Waals surface area contributed by atoms with Gasteiger partial charge in [-0.2, -0.15) is 5.26 Å². The van der Waals surface area contributed by atoms with E-state index in [0.717, 1.165) is 22.4 Å². The molecule has 0 fully saturated rings. The van der Waals surface area contributed by atoms with Crippen molar-refractivity contribution >= 4 is 12.0 Å². The molecule has 4 rings (SSSR count). The van der Waals surface area contributed by atoms with Gasteiger partial charge in [0.1, 0.15) is 11.7 Å². The van der Waals surface area contributed by atoms with E-state index in [9.17, 15) is 5.26 Å². The molecule has 26 heavy (non-hydrogen) atoms. The lowest BCUT2D eigenvalue weighted by molar-refractivity contribution is 0.435. The summed E-state index contributed by atoms with van der Waals surface area (Å²) in [6.45, 7) is 1.93. The zero-order chi connectivity index (χ0) is 18.1. The van der Waals surface area contributed by atoms with Gasteiger partial charge >= 0.3 is 0 Å². The van der Waals surface area contributed by atoms with Crippen LogP contribution in [-0.2, 0) is 0 Å². The Morgan fingerprint density at radius 2 is 2.08 bits per heavy atom. The van der Waals surface area contributed by atoms with Gasteiger partial charge < -0.3 is 9.15 Å². The van der Waals surface area contributed by atoms with Crippen molar-refractivity contribution in [1.29, 1.82) is 10.7 Å². The molecule has 2 unspecified atom stereocenters. The Morgan fingerprint density at radius 1 is 1.27 bits per heavy atom. The van der Waals surface area contributed by atoms with Crippen molar-refractivity contribution in [1.82, 2.24) is 10.2 Å². The number of aromatic amines is 1. The van der Waals surface area contributed by atoms with Crippen molar-refractivity contribution in [2.24, 2.45) is 5.92 Å². The zero-order valence-electron chi connectivity index (χ0n) is 14.1. The Balaban J connectivity index is 1.89. The lowest BCUT2D eigenvalue weighted by Crippen LogP contribution is -2.30. The minimum atomic E-state index is -0.728. The van der Waals surface area contributed by atoms with Crippen LogP contribution >= 0.6 is 0 Å². The number of hydrogen-bond acceptors (Lipinski definition) is 5. The van der Waals surface area contributed by atoms with E-state index in [-0.39, 0.29) is 11.8 Å². The highest BCUT2D eigenvalue weighted by molar-refractivity contribution is 5.87. The van der Waals surface area contributed by atoms with Gasteiger partial charge in [0.15, 0.2) is 0 Å². The third kappa shape index (κ3) is 2.60. The van der Waals surface area contributed by atoms with Crippen LogP contribution in [0.2, 0.25) is 0 Å². The first-order valence-electron chi connectivity index (χ1n) is 8.20. The summed E-state index contributed by atoms with van der Waals surface area (Å²) in [5.41, 5.74) is 3.44. The number of ether oxygens (including phenoxy) is 1. The molecule has 0 saturated carbocycles. The monoisotopic (exact) mass is 344 g/mol. The fourth-order valence-corrected chi connectivity index (χ4v) is 3.32. The van der Waals surface area contributed by atoms with E-state index in [1.54, 1.807) is 6.26 Å². The summed E-state index contributed by atoms with van der Waals surface area (Å²) in [6.07, 6.45) is 3.49. The predicted molar refractivity (Wildman–Crippen MR) is 96.6 cm³/mol. The second-order valence-electron chi connectivity index (χ2n) is 6.14. The quantitative estimate of drug-likeness (QED) is 0.737. The van der Waals surface area contributed by atoms with Crippen molar-refractivity contribution in [2.75, 3.05) is 0 Å². The maximum atomic E-state index is 9.68. The number of nitriles is 1. The number of rotatable bonds is 3. The van der Waals surface area contributed by atoms with E-state index in [4.69, 9.17) is 14.6 Å². The largest absolute Gasteiger partial charge is 0.465 e. The molecule has 3 heterocycles. The van der Waals surface area contributed by atoms with Gasteiger partial charge in [-0.25, -0.2) is 0 Å². The summed E-state index contributed by atoms with van der Waals surface area (Å²) < 4.78 is 10.9. The molecule has 1 aromatic carbocycles. The number of aromatic nitrogens is 2. The normalized spacial score (nSPS) is 19.5. The van der Waals surface area contributed by atoms with Gasteiger partial charge in [-0.05, 0) is 30.7 Å². The Hall–Kier alpha value is -3.59. The van der Waals surface area contributed by atoms with Crippen LogP contribution in [0.15, 0.2) is 58.7 Å². The number of nitrogens with one attached hydrogen (secondary N) is 2. The van der Waals surface area contributed by atoms with Crippen LogP contribution in [0, 0.1) is 22.7 Å². The lowest BCUT2D eigenvalue weighted by Gasteiger charge is -2.28. The molecule has 3 aromatic rings. The summed E-state index contributed by atoms with van der Waals surface area (Å²) in [4.78, 5) is 0. The fourth-order valence-electron chi connectivity index (χ4n) is 3.32. The number of allylic oxidation sites excluding steroid dienone is 1. The molecule has 2 aromatic heterocycles. The molecular formula is C20H16N4O2. The van der Waals surface area contributed by atoms with Gasteiger partial charge in [0, 0.05) is 5.92 Å². The summed E-state index contributed by atoms with van der Waals surface area (Å²) in [6, 6.07) is 15.6. The molecule has 2 atom stereocenters. The molecule has 0 amide bonds. The van der Waals surface area contributed by atoms with Crippen molar-refractivity contribution in [3.8, 4) is 23.2 Å². The topological polar surface area (TPSA) is 98.7 Å². The molecule has 2 N–H and O–H groups in total. The summed E-state index contributed by atoms with van der Waals surface area (Å²) in [5.74, 6) is -0.131. The van der Waals surface area contributed by atoms with Crippen molar-refractivity contribution in [2.45, 2.75) is 12.8 Å². The van der Waals surface area contributed by atoms with Gasteiger partial charge in [0.05, 0.1) is 23.6 Å². The van der Waals surface area contributed by atoms with Gasteiger partial charge in [-0.15, -0.1) is 5.10 Å². The molecule has 0 bridgehead atoms. The molecule has 1 aliphatic heterocycles.